The Hall–Kier alpha value is -2.28. The number of carbonyl (C=O) groups is 1. The molecule has 0 N–H and O–H groups in total. The molecule has 1 aromatic carbocycles. The average Bonchev–Trinajstić information content (AvgIpc) is 3.06. The third kappa shape index (κ3) is 3.04. The molecule has 0 spiro atoms. The maximum absolute atomic E-state index is 13.0. The fourth-order valence-electron chi connectivity index (χ4n) is 3.63. The van der Waals surface area contributed by atoms with Gasteiger partial charge in [-0.1, -0.05) is 12.1 Å². The summed E-state index contributed by atoms with van der Waals surface area (Å²) in [6, 6.07) is 6.31. The lowest BCUT2D eigenvalue weighted by Crippen LogP contribution is -2.29. The van der Waals surface area contributed by atoms with Gasteiger partial charge in [0.1, 0.15) is 11.9 Å². The molecule has 1 amide bonds. The quantitative estimate of drug-likeness (QED) is 0.852. The highest BCUT2D eigenvalue weighted by Gasteiger charge is 2.45. The first kappa shape index (κ1) is 16.2. The molecule has 0 radical (unpaired) electrons. The highest BCUT2D eigenvalue weighted by atomic mass is 19.1. The Morgan fingerprint density at radius 3 is 2.60 bits per heavy atom. The monoisotopic (exact) mass is 345 g/mol. The van der Waals surface area contributed by atoms with Gasteiger partial charge in [-0.25, -0.2) is 4.39 Å². The van der Waals surface area contributed by atoms with Crippen LogP contribution in [-0.4, -0.2) is 40.8 Å². The Balaban J connectivity index is 1.49. The number of nitrogens with zero attached hydrogens (tertiary/aromatic N) is 3. The summed E-state index contributed by atoms with van der Waals surface area (Å²) < 4.78 is 24.3. The smallest absolute Gasteiger partial charge is 0.239 e. The van der Waals surface area contributed by atoms with E-state index in [1.54, 1.807) is 24.1 Å². The Labute approximate surface area is 145 Å². The molecule has 2 aliphatic rings. The van der Waals surface area contributed by atoms with E-state index in [2.05, 4.69) is 10.2 Å². The number of aromatic nitrogens is 2. The molecule has 2 unspecified atom stereocenters. The fourth-order valence-corrected chi connectivity index (χ4v) is 3.63. The molecule has 4 rings (SSSR count). The second-order valence-corrected chi connectivity index (χ2v) is 6.76. The van der Waals surface area contributed by atoms with Gasteiger partial charge in [0.05, 0.1) is 6.10 Å². The Morgan fingerprint density at radius 2 is 1.92 bits per heavy atom. The highest BCUT2D eigenvalue weighted by molar-refractivity contribution is 5.74. The van der Waals surface area contributed by atoms with Crippen LogP contribution in [0.4, 0.5) is 4.39 Å². The number of likely N-dealkylation sites (tertiary alicyclic amines) is 1. The molecular weight excluding hydrogens is 325 g/mol. The second kappa shape index (κ2) is 6.22. The van der Waals surface area contributed by atoms with Crippen molar-refractivity contribution in [3.05, 3.63) is 47.4 Å². The zero-order chi connectivity index (χ0) is 17.6. The van der Waals surface area contributed by atoms with Crippen LogP contribution >= 0.6 is 0 Å². The molecular formula is C18H20FN3O3. The maximum atomic E-state index is 13.0. The van der Waals surface area contributed by atoms with Crippen molar-refractivity contribution in [2.24, 2.45) is 0 Å². The van der Waals surface area contributed by atoms with Crippen LogP contribution in [0.5, 0.6) is 0 Å². The number of carbonyl (C=O) groups excluding carboxylic acids is 1. The Bertz CT molecular complexity index is 776. The minimum Gasteiger partial charge on any atom is -0.423 e. The van der Waals surface area contributed by atoms with Crippen LogP contribution in [0.1, 0.15) is 55.0 Å². The molecule has 0 bridgehead atoms. The van der Waals surface area contributed by atoms with Gasteiger partial charge in [0.2, 0.25) is 17.7 Å². The number of hydrogen-bond donors (Lipinski definition) is 0. The minimum atomic E-state index is -0.237. The molecule has 4 atom stereocenters. The van der Waals surface area contributed by atoms with E-state index in [-0.39, 0.29) is 35.7 Å². The normalized spacial score (nSPS) is 28.4. The summed E-state index contributed by atoms with van der Waals surface area (Å²) >= 11 is 0. The molecule has 1 saturated heterocycles. The Kier molecular flexibility index (Phi) is 4.03. The molecule has 2 heterocycles. The van der Waals surface area contributed by atoms with E-state index >= 15 is 0 Å². The first-order valence-corrected chi connectivity index (χ1v) is 8.45. The average molecular weight is 345 g/mol. The fraction of sp³-hybridized carbons (Fsp3) is 0.500. The second-order valence-electron chi connectivity index (χ2n) is 6.76. The summed E-state index contributed by atoms with van der Waals surface area (Å²) in [7, 11) is 1.64. The first-order valence-electron chi connectivity index (χ1n) is 8.45. The lowest BCUT2D eigenvalue weighted by atomic mass is 10.1. The van der Waals surface area contributed by atoms with E-state index in [0.29, 0.717) is 24.7 Å². The molecule has 1 saturated carbocycles. The molecule has 132 valence electrons. The Morgan fingerprint density at radius 1 is 1.20 bits per heavy atom. The van der Waals surface area contributed by atoms with Gasteiger partial charge < -0.3 is 14.1 Å². The predicted molar refractivity (Wildman–Crippen MR) is 86.3 cm³/mol. The van der Waals surface area contributed by atoms with E-state index < -0.39 is 0 Å². The molecule has 1 aliphatic carbocycles. The van der Waals surface area contributed by atoms with E-state index in [4.69, 9.17) is 9.15 Å². The van der Waals surface area contributed by atoms with Crippen molar-refractivity contribution in [3.63, 3.8) is 0 Å². The molecule has 2 aromatic rings. The SMILES string of the molecule is CO[C@H]1C[C@H](c2nnc(C3CC3c3ccc(F)cc3)o2)N(C(C)=O)C1. The number of halogens is 1. The number of amides is 1. The van der Waals surface area contributed by atoms with Crippen molar-refractivity contribution in [2.45, 2.75) is 43.7 Å². The molecule has 2 fully saturated rings. The summed E-state index contributed by atoms with van der Waals surface area (Å²) in [5.74, 6) is 1.24. The van der Waals surface area contributed by atoms with E-state index in [1.165, 1.54) is 19.1 Å². The number of rotatable bonds is 4. The van der Waals surface area contributed by atoms with E-state index in [1.807, 2.05) is 0 Å². The third-order valence-corrected chi connectivity index (χ3v) is 5.15. The van der Waals surface area contributed by atoms with Gasteiger partial charge in [0, 0.05) is 32.9 Å². The van der Waals surface area contributed by atoms with Gasteiger partial charge in [-0.05, 0) is 30.0 Å². The van der Waals surface area contributed by atoms with Crippen molar-refractivity contribution in [2.75, 3.05) is 13.7 Å². The van der Waals surface area contributed by atoms with Gasteiger partial charge in [-0.3, -0.25) is 4.79 Å². The predicted octanol–water partition coefficient (Wildman–Crippen LogP) is 2.79. The van der Waals surface area contributed by atoms with Crippen molar-refractivity contribution in [3.8, 4) is 0 Å². The number of benzene rings is 1. The van der Waals surface area contributed by atoms with Gasteiger partial charge in [-0.2, -0.15) is 0 Å². The summed E-state index contributed by atoms with van der Waals surface area (Å²) in [6.45, 7) is 2.07. The summed E-state index contributed by atoms with van der Waals surface area (Å²) in [5.41, 5.74) is 1.08. The number of ether oxygens (including phenoxy) is 1. The summed E-state index contributed by atoms with van der Waals surface area (Å²) in [4.78, 5) is 13.6. The number of methoxy groups -OCH3 is 1. The van der Waals surface area contributed by atoms with Crippen molar-refractivity contribution >= 4 is 5.91 Å². The van der Waals surface area contributed by atoms with Gasteiger partial charge >= 0.3 is 0 Å². The topological polar surface area (TPSA) is 68.5 Å². The standard InChI is InChI=1S/C18H20FN3O3/c1-10(23)22-9-13(24-2)7-16(22)18-21-20-17(25-18)15-8-14(15)11-3-5-12(19)6-4-11/h3-6,13-16H,7-9H2,1-2H3/t13-,14?,15?,16+/m0/s1. The van der Waals surface area contributed by atoms with E-state index in [0.717, 1.165) is 12.0 Å². The van der Waals surface area contributed by atoms with Crippen LogP contribution in [0.2, 0.25) is 0 Å². The van der Waals surface area contributed by atoms with Crippen LogP contribution in [0, 0.1) is 5.82 Å². The first-order chi connectivity index (χ1) is 12.1. The van der Waals surface area contributed by atoms with Crippen LogP contribution in [0.3, 0.4) is 0 Å². The lowest BCUT2D eigenvalue weighted by Gasteiger charge is -2.19. The third-order valence-electron chi connectivity index (χ3n) is 5.15. The zero-order valence-corrected chi connectivity index (χ0v) is 14.2. The van der Waals surface area contributed by atoms with Crippen molar-refractivity contribution in [1.29, 1.82) is 0 Å². The largest absolute Gasteiger partial charge is 0.423 e. The highest BCUT2D eigenvalue weighted by Crippen LogP contribution is 2.54. The lowest BCUT2D eigenvalue weighted by molar-refractivity contribution is -0.130. The molecule has 1 aliphatic heterocycles. The van der Waals surface area contributed by atoms with Crippen molar-refractivity contribution in [1.82, 2.24) is 15.1 Å². The number of hydrogen-bond acceptors (Lipinski definition) is 5. The molecule has 7 heteroatoms. The van der Waals surface area contributed by atoms with Crippen LogP contribution in [-0.2, 0) is 9.53 Å². The summed E-state index contributed by atoms with van der Waals surface area (Å²) in [6.07, 6.45) is 1.55. The molecule has 6 nitrogen and oxygen atoms in total. The van der Waals surface area contributed by atoms with Crippen LogP contribution in [0.25, 0.3) is 0 Å². The van der Waals surface area contributed by atoms with Gasteiger partial charge in [-0.15, -0.1) is 10.2 Å². The van der Waals surface area contributed by atoms with Gasteiger partial charge in [0.15, 0.2) is 0 Å². The van der Waals surface area contributed by atoms with Crippen LogP contribution < -0.4 is 0 Å². The summed E-state index contributed by atoms with van der Waals surface area (Å²) in [5, 5.41) is 8.37. The molecule has 1 aromatic heterocycles. The van der Waals surface area contributed by atoms with Crippen LogP contribution in [0.15, 0.2) is 28.7 Å². The van der Waals surface area contributed by atoms with E-state index in [9.17, 15) is 9.18 Å². The maximum Gasteiger partial charge on any atom is 0.239 e. The van der Waals surface area contributed by atoms with Crippen molar-refractivity contribution < 1.29 is 18.3 Å². The zero-order valence-electron chi connectivity index (χ0n) is 14.2. The van der Waals surface area contributed by atoms with Gasteiger partial charge in [0.25, 0.3) is 0 Å². The minimum absolute atomic E-state index is 0.0165. The molecule has 25 heavy (non-hydrogen) atoms.